The SMILES string of the molecule is CCC(C)c1ccc(OCOc2ccc(C(C)CC)cc2)cc1. The molecular formula is C21H28O2. The molecule has 0 saturated heterocycles. The Hall–Kier alpha value is -1.96. The van der Waals surface area contributed by atoms with E-state index in [9.17, 15) is 0 Å². The molecule has 0 heterocycles. The third kappa shape index (κ3) is 5.02. The van der Waals surface area contributed by atoms with E-state index < -0.39 is 0 Å². The first-order valence-corrected chi connectivity index (χ1v) is 8.59. The fourth-order valence-corrected chi connectivity index (χ4v) is 2.42. The molecule has 0 spiro atoms. The Labute approximate surface area is 140 Å². The van der Waals surface area contributed by atoms with Crippen LogP contribution in [0.1, 0.15) is 63.5 Å². The average Bonchev–Trinajstić information content (AvgIpc) is 2.61. The maximum absolute atomic E-state index is 5.65. The Kier molecular flexibility index (Phi) is 6.52. The minimum atomic E-state index is 0.228. The van der Waals surface area contributed by atoms with E-state index in [1.165, 1.54) is 11.1 Å². The number of hydrogen-bond donors (Lipinski definition) is 0. The zero-order chi connectivity index (χ0) is 16.7. The summed E-state index contributed by atoms with van der Waals surface area (Å²) < 4.78 is 11.3. The Bertz CT molecular complexity index is 518. The van der Waals surface area contributed by atoms with Crippen molar-refractivity contribution in [3.8, 4) is 11.5 Å². The van der Waals surface area contributed by atoms with Gasteiger partial charge in [-0.3, -0.25) is 0 Å². The van der Waals surface area contributed by atoms with Gasteiger partial charge in [-0.1, -0.05) is 52.0 Å². The van der Waals surface area contributed by atoms with Gasteiger partial charge >= 0.3 is 0 Å². The minimum absolute atomic E-state index is 0.228. The molecule has 124 valence electrons. The third-order valence-corrected chi connectivity index (χ3v) is 4.57. The Morgan fingerprint density at radius 3 is 1.30 bits per heavy atom. The predicted molar refractivity (Wildman–Crippen MR) is 96.4 cm³/mol. The van der Waals surface area contributed by atoms with Gasteiger partial charge in [-0.2, -0.15) is 0 Å². The highest BCUT2D eigenvalue weighted by atomic mass is 16.7. The largest absolute Gasteiger partial charge is 0.458 e. The van der Waals surface area contributed by atoms with Gasteiger partial charge in [0.1, 0.15) is 11.5 Å². The van der Waals surface area contributed by atoms with Crippen LogP contribution in [-0.2, 0) is 0 Å². The van der Waals surface area contributed by atoms with Gasteiger partial charge in [-0.05, 0) is 60.1 Å². The molecule has 2 heteroatoms. The predicted octanol–water partition coefficient (Wildman–Crippen LogP) is 6.13. The second-order valence-corrected chi connectivity index (χ2v) is 6.16. The van der Waals surface area contributed by atoms with E-state index in [2.05, 4.69) is 52.0 Å². The van der Waals surface area contributed by atoms with Crippen LogP contribution in [0.25, 0.3) is 0 Å². The summed E-state index contributed by atoms with van der Waals surface area (Å²) in [5.74, 6) is 2.86. The molecule has 2 atom stereocenters. The highest BCUT2D eigenvalue weighted by Gasteiger charge is 2.04. The molecule has 2 nitrogen and oxygen atoms in total. The Balaban J connectivity index is 1.82. The highest BCUT2D eigenvalue weighted by Crippen LogP contribution is 2.23. The number of rotatable bonds is 8. The highest BCUT2D eigenvalue weighted by molar-refractivity contribution is 5.30. The maximum atomic E-state index is 5.65. The topological polar surface area (TPSA) is 18.5 Å². The van der Waals surface area contributed by atoms with Crippen molar-refractivity contribution in [3.63, 3.8) is 0 Å². The summed E-state index contributed by atoms with van der Waals surface area (Å²) in [6.07, 6.45) is 2.30. The number of hydrogen-bond acceptors (Lipinski definition) is 2. The monoisotopic (exact) mass is 312 g/mol. The fraction of sp³-hybridized carbons (Fsp3) is 0.429. The maximum Gasteiger partial charge on any atom is 0.230 e. The van der Waals surface area contributed by atoms with Crippen LogP contribution in [0.15, 0.2) is 48.5 Å². The molecule has 0 fully saturated rings. The zero-order valence-corrected chi connectivity index (χ0v) is 14.7. The Morgan fingerprint density at radius 1 is 0.652 bits per heavy atom. The van der Waals surface area contributed by atoms with E-state index in [1.807, 2.05) is 24.3 Å². The molecule has 0 aromatic heterocycles. The molecule has 0 N–H and O–H groups in total. The van der Waals surface area contributed by atoms with Crippen LogP contribution in [0.2, 0.25) is 0 Å². The van der Waals surface area contributed by atoms with Gasteiger partial charge < -0.3 is 9.47 Å². The second kappa shape index (κ2) is 8.61. The van der Waals surface area contributed by atoms with Crippen molar-refractivity contribution in [2.75, 3.05) is 6.79 Å². The second-order valence-electron chi connectivity index (χ2n) is 6.16. The van der Waals surface area contributed by atoms with Crippen LogP contribution in [0.3, 0.4) is 0 Å². The van der Waals surface area contributed by atoms with Crippen molar-refractivity contribution in [2.24, 2.45) is 0 Å². The lowest BCUT2D eigenvalue weighted by atomic mass is 9.99. The van der Waals surface area contributed by atoms with Crippen LogP contribution >= 0.6 is 0 Å². The summed E-state index contributed by atoms with van der Waals surface area (Å²) in [6.45, 7) is 9.11. The van der Waals surface area contributed by atoms with Gasteiger partial charge in [0.2, 0.25) is 6.79 Å². The standard InChI is InChI=1S/C21H28O2/c1-5-16(3)18-7-11-20(12-8-18)22-15-23-21-13-9-19(10-14-21)17(4)6-2/h7-14,16-17H,5-6,15H2,1-4H3. The molecular weight excluding hydrogens is 284 g/mol. The van der Waals surface area contributed by atoms with Gasteiger partial charge in [0.15, 0.2) is 0 Å². The lowest BCUT2D eigenvalue weighted by Gasteiger charge is -2.12. The van der Waals surface area contributed by atoms with Gasteiger partial charge in [0.25, 0.3) is 0 Å². The molecule has 0 aliphatic carbocycles. The summed E-state index contributed by atoms with van der Waals surface area (Å²) in [5, 5.41) is 0. The van der Waals surface area contributed by atoms with Gasteiger partial charge in [-0.15, -0.1) is 0 Å². The van der Waals surface area contributed by atoms with Crippen molar-refractivity contribution in [3.05, 3.63) is 59.7 Å². The Morgan fingerprint density at radius 2 is 1.00 bits per heavy atom. The quantitative estimate of drug-likeness (QED) is 0.546. The third-order valence-electron chi connectivity index (χ3n) is 4.57. The summed E-state index contributed by atoms with van der Waals surface area (Å²) >= 11 is 0. The summed E-state index contributed by atoms with van der Waals surface area (Å²) in [5.41, 5.74) is 2.70. The average molecular weight is 312 g/mol. The van der Waals surface area contributed by atoms with Crippen molar-refractivity contribution in [1.29, 1.82) is 0 Å². The smallest absolute Gasteiger partial charge is 0.230 e. The molecule has 2 rings (SSSR count). The van der Waals surface area contributed by atoms with Crippen molar-refractivity contribution < 1.29 is 9.47 Å². The first kappa shape index (κ1) is 17.4. The van der Waals surface area contributed by atoms with E-state index in [0.29, 0.717) is 11.8 Å². The molecule has 0 saturated carbocycles. The summed E-state index contributed by atoms with van der Waals surface area (Å²) in [6, 6.07) is 16.6. The first-order valence-electron chi connectivity index (χ1n) is 8.59. The molecule has 2 unspecified atom stereocenters. The molecule has 0 bridgehead atoms. The molecule has 2 aromatic rings. The van der Waals surface area contributed by atoms with Crippen molar-refractivity contribution >= 4 is 0 Å². The summed E-state index contributed by atoms with van der Waals surface area (Å²) in [7, 11) is 0. The summed E-state index contributed by atoms with van der Waals surface area (Å²) in [4.78, 5) is 0. The molecule has 2 aromatic carbocycles. The molecule has 0 aliphatic rings. The van der Waals surface area contributed by atoms with E-state index in [4.69, 9.17) is 9.47 Å². The van der Waals surface area contributed by atoms with E-state index in [0.717, 1.165) is 24.3 Å². The van der Waals surface area contributed by atoms with E-state index >= 15 is 0 Å². The van der Waals surface area contributed by atoms with E-state index in [-0.39, 0.29) is 6.79 Å². The zero-order valence-electron chi connectivity index (χ0n) is 14.7. The minimum Gasteiger partial charge on any atom is -0.458 e. The van der Waals surface area contributed by atoms with Crippen LogP contribution in [0.4, 0.5) is 0 Å². The van der Waals surface area contributed by atoms with E-state index in [1.54, 1.807) is 0 Å². The number of ether oxygens (including phenoxy) is 2. The fourth-order valence-electron chi connectivity index (χ4n) is 2.42. The molecule has 0 aliphatic heterocycles. The van der Waals surface area contributed by atoms with Crippen LogP contribution in [0.5, 0.6) is 11.5 Å². The molecule has 0 radical (unpaired) electrons. The van der Waals surface area contributed by atoms with Gasteiger partial charge in [0.05, 0.1) is 0 Å². The van der Waals surface area contributed by atoms with Gasteiger partial charge in [-0.25, -0.2) is 0 Å². The first-order chi connectivity index (χ1) is 11.1. The van der Waals surface area contributed by atoms with Crippen LogP contribution in [0, 0.1) is 0 Å². The molecule has 0 amide bonds. The lowest BCUT2D eigenvalue weighted by molar-refractivity contribution is 0.120. The van der Waals surface area contributed by atoms with Crippen molar-refractivity contribution in [2.45, 2.75) is 52.4 Å². The number of benzene rings is 2. The molecule has 23 heavy (non-hydrogen) atoms. The van der Waals surface area contributed by atoms with Crippen molar-refractivity contribution in [1.82, 2.24) is 0 Å². The van der Waals surface area contributed by atoms with Crippen LogP contribution in [-0.4, -0.2) is 6.79 Å². The normalized spacial score (nSPS) is 13.4. The lowest BCUT2D eigenvalue weighted by Crippen LogP contribution is -2.05. The van der Waals surface area contributed by atoms with Gasteiger partial charge in [0, 0.05) is 0 Å². The van der Waals surface area contributed by atoms with Crippen LogP contribution < -0.4 is 9.47 Å².